The van der Waals surface area contributed by atoms with Gasteiger partial charge >= 0.3 is 5.97 Å². The number of hydrogen-bond acceptors (Lipinski definition) is 2. The van der Waals surface area contributed by atoms with Crippen LogP contribution in [-0.4, -0.2) is 17.4 Å². The normalized spacial score (nSPS) is 13.4. The number of ether oxygens (including phenoxy) is 1. The van der Waals surface area contributed by atoms with Crippen molar-refractivity contribution in [3.05, 3.63) is 47.0 Å². The predicted molar refractivity (Wildman–Crippen MR) is 82.6 cm³/mol. The van der Waals surface area contributed by atoms with Crippen molar-refractivity contribution < 1.29 is 9.53 Å². The van der Waals surface area contributed by atoms with Crippen molar-refractivity contribution in [2.45, 2.75) is 25.1 Å². The molecule has 0 aliphatic heterocycles. The summed E-state index contributed by atoms with van der Waals surface area (Å²) in [6.07, 6.45) is 2.38. The molecule has 0 bridgehead atoms. The smallest absolute Gasteiger partial charge is 0.320 e. The number of rotatable bonds is 6. The third-order valence-corrected chi connectivity index (χ3v) is 4.28. The molecule has 1 unspecified atom stereocenters. The highest BCUT2D eigenvalue weighted by Crippen LogP contribution is 2.14. The summed E-state index contributed by atoms with van der Waals surface area (Å²) in [5, 5.41) is 0.676. The van der Waals surface area contributed by atoms with Crippen molar-refractivity contribution in [3.63, 3.8) is 0 Å². The van der Waals surface area contributed by atoms with Gasteiger partial charge in [0, 0.05) is 11.5 Å². The van der Waals surface area contributed by atoms with Gasteiger partial charge in [-0.2, -0.15) is 0 Å². The minimum atomic E-state index is -0.270. The van der Waals surface area contributed by atoms with Gasteiger partial charge in [-0.15, -0.1) is 0 Å². The molecule has 0 spiro atoms. The maximum Gasteiger partial charge on any atom is 0.320 e. The number of halogens is 2. The van der Waals surface area contributed by atoms with Gasteiger partial charge in [-0.3, -0.25) is 4.79 Å². The monoisotopic (exact) mass is 344 g/mol. The molecule has 104 valence electrons. The molecular weight excluding hydrogens is 328 g/mol. The molecule has 0 aliphatic rings. The molecule has 0 N–H and O–H groups in total. The van der Waals surface area contributed by atoms with Crippen LogP contribution in [0, 0.1) is 5.92 Å². The molecule has 0 amide bonds. The third-order valence-electron chi connectivity index (χ3n) is 2.56. The Labute approximate surface area is 127 Å². The zero-order valence-electron chi connectivity index (χ0n) is 11.1. The molecule has 1 aromatic carbocycles. The molecule has 0 aliphatic carbocycles. The van der Waals surface area contributed by atoms with Crippen LogP contribution >= 0.6 is 27.5 Å². The Morgan fingerprint density at radius 1 is 1.37 bits per heavy atom. The average Bonchev–Trinajstić information content (AvgIpc) is 2.38. The first-order valence-electron chi connectivity index (χ1n) is 6.20. The van der Waals surface area contributed by atoms with E-state index < -0.39 is 0 Å². The zero-order valence-corrected chi connectivity index (χ0v) is 13.4. The summed E-state index contributed by atoms with van der Waals surface area (Å²) >= 11 is 9.40. The molecule has 0 heterocycles. The molecule has 0 aromatic heterocycles. The maximum atomic E-state index is 11.6. The van der Waals surface area contributed by atoms with Gasteiger partial charge in [0.05, 0.1) is 0 Å². The molecule has 4 heteroatoms. The summed E-state index contributed by atoms with van der Waals surface area (Å²) < 4.78 is 5.13. The Kier molecular flexibility index (Phi) is 7.17. The van der Waals surface area contributed by atoms with Crippen LogP contribution in [0.25, 0.3) is 0 Å². The molecule has 0 radical (unpaired) electrons. The van der Waals surface area contributed by atoms with E-state index in [1.807, 2.05) is 44.2 Å². The van der Waals surface area contributed by atoms with Crippen molar-refractivity contribution in [3.8, 4) is 0 Å². The SMILES string of the molecule is CC(C)C(Br)C(=O)OCC=C(Cl)Cc1ccccc1. The van der Waals surface area contributed by atoms with Gasteiger partial charge in [-0.05, 0) is 17.6 Å². The fraction of sp³-hybridized carbons (Fsp3) is 0.400. The summed E-state index contributed by atoms with van der Waals surface area (Å²) in [6, 6.07) is 9.92. The van der Waals surface area contributed by atoms with E-state index in [1.54, 1.807) is 6.08 Å². The molecule has 1 atom stereocenters. The van der Waals surface area contributed by atoms with Crippen LogP contribution in [0.1, 0.15) is 19.4 Å². The molecule has 0 saturated heterocycles. The Balaban J connectivity index is 2.38. The van der Waals surface area contributed by atoms with E-state index in [0.717, 1.165) is 5.56 Å². The molecular formula is C15H18BrClO2. The first kappa shape index (κ1) is 16.3. The lowest BCUT2D eigenvalue weighted by molar-refractivity contribution is -0.142. The van der Waals surface area contributed by atoms with Gasteiger partial charge in [-0.25, -0.2) is 0 Å². The van der Waals surface area contributed by atoms with E-state index in [1.165, 1.54) is 0 Å². The van der Waals surface area contributed by atoms with Crippen LogP contribution in [0.4, 0.5) is 0 Å². The van der Waals surface area contributed by atoms with Crippen molar-refractivity contribution >= 4 is 33.5 Å². The van der Waals surface area contributed by atoms with Crippen molar-refractivity contribution in [2.75, 3.05) is 6.61 Å². The van der Waals surface area contributed by atoms with Crippen LogP contribution in [0.15, 0.2) is 41.4 Å². The molecule has 1 rings (SSSR count). The second-order valence-corrected chi connectivity index (χ2v) is 6.06. The van der Waals surface area contributed by atoms with Crippen molar-refractivity contribution in [1.29, 1.82) is 0 Å². The molecule has 0 saturated carbocycles. The zero-order chi connectivity index (χ0) is 14.3. The van der Waals surface area contributed by atoms with Gasteiger partial charge in [-0.1, -0.05) is 71.7 Å². The second kappa shape index (κ2) is 8.39. The van der Waals surface area contributed by atoms with Gasteiger partial charge in [0.2, 0.25) is 0 Å². The highest BCUT2D eigenvalue weighted by atomic mass is 79.9. The number of hydrogen-bond donors (Lipinski definition) is 0. The summed E-state index contributed by atoms with van der Waals surface area (Å²) in [4.78, 5) is 11.3. The van der Waals surface area contributed by atoms with Gasteiger partial charge in [0.1, 0.15) is 11.4 Å². The first-order chi connectivity index (χ1) is 9.00. The number of allylic oxidation sites excluding steroid dienone is 1. The van der Waals surface area contributed by atoms with Crippen molar-refractivity contribution in [1.82, 2.24) is 0 Å². The summed E-state index contributed by atoms with van der Waals surface area (Å²) in [6.45, 7) is 4.12. The van der Waals surface area contributed by atoms with Gasteiger partial charge in [0.15, 0.2) is 0 Å². The largest absolute Gasteiger partial charge is 0.461 e. The van der Waals surface area contributed by atoms with Crippen LogP contribution in [0.5, 0.6) is 0 Å². The van der Waals surface area contributed by atoms with Gasteiger partial charge < -0.3 is 4.74 Å². The topological polar surface area (TPSA) is 26.3 Å². The van der Waals surface area contributed by atoms with E-state index in [9.17, 15) is 4.79 Å². The fourth-order valence-electron chi connectivity index (χ4n) is 1.43. The van der Waals surface area contributed by atoms with E-state index in [2.05, 4.69) is 15.9 Å². The standard InChI is InChI=1S/C15H18BrClO2/c1-11(2)14(16)15(18)19-9-8-13(17)10-12-6-4-3-5-7-12/h3-8,11,14H,9-10H2,1-2H3. The van der Waals surface area contributed by atoms with Crippen molar-refractivity contribution in [2.24, 2.45) is 5.92 Å². The Hall–Kier alpha value is -0.800. The lowest BCUT2D eigenvalue weighted by Crippen LogP contribution is -2.22. The number of carbonyl (C=O) groups is 1. The number of alkyl halides is 1. The molecule has 19 heavy (non-hydrogen) atoms. The Morgan fingerprint density at radius 2 is 2.00 bits per heavy atom. The molecule has 0 fully saturated rings. The summed E-state index contributed by atoms with van der Waals surface area (Å²) in [5.74, 6) is -0.0494. The van der Waals surface area contributed by atoms with Crippen LogP contribution < -0.4 is 0 Å². The number of benzene rings is 1. The van der Waals surface area contributed by atoms with Crippen LogP contribution in [-0.2, 0) is 16.0 Å². The Morgan fingerprint density at radius 3 is 2.58 bits per heavy atom. The third kappa shape index (κ3) is 6.26. The molecule has 1 aromatic rings. The fourth-order valence-corrected chi connectivity index (χ4v) is 1.78. The highest BCUT2D eigenvalue weighted by Gasteiger charge is 2.19. The lowest BCUT2D eigenvalue weighted by Gasteiger charge is -2.11. The lowest BCUT2D eigenvalue weighted by atomic mass is 10.1. The van der Waals surface area contributed by atoms with Crippen LogP contribution in [0.2, 0.25) is 0 Å². The minimum absolute atomic E-state index is 0.205. The maximum absolute atomic E-state index is 11.6. The van der Waals surface area contributed by atoms with E-state index in [0.29, 0.717) is 11.5 Å². The number of esters is 1. The van der Waals surface area contributed by atoms with Gasteiger partial charge in [0.25, 0.3) is 0 Å². The van der Waals surface area contributed by atoms with E-state index in [-0.39, 0.29) is 23.3 Å². The summed E-state index contributed by atoms with van der Waals surface area (Å²) in [5.41, 5.74) is 1.13. The second-order valence-electron chi connectivity index (χ2n) is 4.59. The molecule has 2 nitrogen and oxygen atoms in total. The minimum Gasteiger partial charge on any atom is -0.461 e. The predicted octanol–water partition coefficient (Wildman–Crippen LogP) is 4.31. The highest BCUT2D eigenvalue weighted by molar-refractivity contribution is 9.10. The van der Waals surface area contributed by atoms with E-state index >= 15 is 0 Å². The van der Waals surface area contributed by atoms with Crippen LogP contribution in [0.3, 0.4) is 0 Å². The average molecular weight is 346 g/mol. The number of carbonyl (C=O) groups excluding carboxylic acids is 1. The van der Waals surface area contributed by atoms with E-state index in [4.69, 9.17) is 16.3 Å². The Bertz CT molecular complexity index is 429. The quantitative estimate of drug-likeness (QED) is 0.567. The first-order valence-corrected chi connectivity index (χ1v) is 7.49. The summed E-state index contributed by atoms with van der Waals surface area (Å²) in [7, 11) is 0.